The molecule has 0 unspecified atom stereocenters. The first kappa shape index (κ1) is 43.2. The van der Waals surface area contributed by atoms with Crippen LogP contribution in [-0.4, -0.2) is 6.71 Å². The van der Waals surface area contributed by atoms with Gasteiger partial charge in [0.05, 0.1) is 5.69 Å². The fraction of sp³-hybridized carbons (Fsp3) is 0.0588. The molecule has 0 saturated carbocycles. The van der Waals surface area contributed by atoms with Crippen LogP contribution in [-0.2, 0) is 5.41 Å². The predicted octanol–water partition coefficient (Wildman–Crippen LogP) is 16.7. The molecule has 2 aliphatic rings. The summed E-state index contributed by atoms with van der Waals surface area (Å²) in [6.45, 7) is 6.80. The van der Waals surface area contributed by atoms with Gasteiger partial charge in [-0.1, -0.05) is 203 Å². The topological polar surface area (TPSA) is 9.72 Å². The summed E-state index contributed by atoms with van der Waals surface area (Å²) in [5, 5.41) is 2.45. The Morgan fingerprint density at radius 1 is 0.347 bits per heavy atom. The van der Waals surface area contributed by atoms with Crippen molar-refractivity contribution in [3.63, 3.8) is 0 Å². The van der Waals surface area contributed by atoms with Gasteiger partial charge >= 0.3 is 0 Å². The van der Waals surface area contributed by atoms with Gasteiger partial charge in [-0.25, -0.2) is 0 Å². The second-order valence-corrected chi connectivity index (χ2v) is 20.1. The highest BCUT2D eigenvalue weighted by Gasteiger charge is 2.44. The van der Waals surface area contributed by atoms with Gasteiger partial charge in [0.1, 0.15) is 0 Å². The summed E-state index contributed by atoms with van der Waals surface area (Å²) < 4.78 is 0. The summed E-state index contributed by atoms with van der Waals surface area (Å²) in [5.41, 5.74) is 22.5. The number of rotatable bonds is 8. The summed E-state index contributed by atoms with van der Waals surface area (Å²) in [6.07, 6.45) is 0. The molecule has 0 spiro atoms. The van der Waals surface area contributed by atoms with E-state index in [1.165, 1.54) is 83.2 Å². The van der Waals surface area contributed by atoms with Crippen molar-refractivity contribution in [3.8, 4) is 33.4 Å². The molecule has 0 fully saturated rings. The largest absolute Gasteiger partial charge is 0.311 e. The van der Waals surface area contributed by atoms with E-state index in [4.69, 9.17) is 0 Å². The number of nitrogens with zero attached hydrogens (tertiary/aromatic N) is 3. The van der Waals surface area contributed by atoms with E-state index in [0.29, 0.717) is 0 Å². The van der Waals surface area contributed by atoms with Gasteiger partial charge in [-0.05, 0) is 145 Å². The Kier molecular flexibility index (Phi) is 10.5. The molecule has 0 aromatic heterocycles. The van der Waals surface area contributed by atoms with Crippen LogP contribution in [0.2, 0.25) is 0 Å². The fourth-order valence-corrected chi connectivity index (χ4v) is 11.3. The van der Waals surface area contributed by atoms with Gasteiger partial charge in [-0.15, -0.1) is 0 Å². The third-order valence-corrected chi connectivity index (χ3v) is 14.8. The highest BCUT2D eigenvalue weighted by atomic mass is 15.2. The van der Waals surface area contributed by atoms with E-state index >= 15 is 0 Å². The van der Waals surface area contributed by atoms with E-state index in [0.717, 1.165) is 34.1 Å². The average Bonchev–Trinajstić information content (AvgIpc) is 3.44. The quantitative estimate of drug-likeness (QED) is 0.141. The molecule has 4 heteroatoms. The number of anilines is 9. The molecule has 0 atom stereocenters. The van der Waals surface area contributed by atoms with Gasteiger partial charge in [0, 0.05) is 51.1 Å². The Morgan fingerprint density at radius 2 is 0.903 bits per heavy atom. The van der Waals surface area contributed by atoms with Gasteiger partial charge in [-0.3, -0.25) is 0 Å². The van der Waals surface area contributed by atoms with Crippen LogP contribution in [0.15, 0.2) is 261 Å². The molecule has 0 N–H and O–H groups in total. The smallest absolute Gasteiger partial charge is 0.252 e. The molecule has 13 rings (SSSR count). The maximum Gasteiger partial charge on any atom is 0.252 e. The Morgan fingerprint density at radius 3 is 1.56 bits per heavy atom. The van der Waals surface area contributed by atoms with Crippen LogP contribution in [0.3, 0.4) is 0 Å². The van der Waals surface area contributed by atoms with Gasteiger partial charge in [0.2, 0.25) is 0 Å². The van der Waals surface area contributed by atoms with Gasteiger partial charge in [-0.2, -0.15) is 0 Å². The lowest BCUT2D eigenvalue weighted by Crippen LogP contribution is -2.61. The van der Waals surface area contributed by atoms with Crippen molar-refractivity contribution in [2.75, 3.05) is 14.7 Å². The molecular formula is C68H52BN3. The van der Waals surface area contributed by atoms with Gasteiger partial charge in [0.25, 0.3) is 6.71 Å². The normalized spacial score (nSPS) is 12.6. The second-order valence-electron chi connectivity index (χ2n) is 20.1. The molecule has 0 bridgehead atoms. The second kappa shape index (κ2) is 17.5. The molecule has 3 nitrogen and oxygen atoms in total. The molecule has 2 aliphatic heterocycles. The van der Waals surface area contributed by atoms with Crippen LogP contribution in [0, 0.1) is 0 Å². The summed E-state index contributed by atoms with van der Waals surface area (Å²) in [4.78, 5) is 7.48. The van der Waals surface area contributed by atoms with E-state index < -0.39 is 0 Å². The van der Waals surface area contributed by atoms with Crippen molar-refractivity contribution in [3.05, 3.63) is 266 Å². The van der Waals surface area contributed by atoms with Crippen LogP contribution in [0.4, 0.5) is 51.2 Å². The molecule has 0 aliphatic carbocycles. The number of fused-ring (bicyclic) bond motifs is 5. The Labute approximate surface area is 423 Å². The van der Waals surface area contributed by atoms with E-state index in [9.17, 15) is 0 Å². The zero-order chi connectivity index (χ0) is 48.3. The number of hydrogen-bond donors (Lipinski definition) is 0. The number of para-hydroxylation sites is 2. The zero-order valence-electron chi connectivity index (χ0n) is 40.7. The lowest BCUT2D eigenvalue weighted by atomic mass is 9.33. The maximum absolute atomic E-state index is 2.57. The molecule has 0 radical (unpaired) electrons. The van der Waals surface area contributed by atoms with Crippen molar-refractivity contribution >= 4 is 85.1 Å². The first-order chi connectivity index (χ1) is 35.4. The summed E-state index contributed by atoms with van der Waals surface area (Å²) in [7, 11) is 0. The fourth-order valence-electron chi connectivity index (χ4n) is 11.3. The van der Waals surface area contributed by atoms with E-state index in [-0.39, 0.29) is 12.1 Å². The summed E-state index contributed by atoms with van der Waals surface area (Å²) >= 11 is 0. The van der Waals surface area contributed by atoms with Crippen LogP contribution < -0.4 is 31.1 Å². The first-order valence-electron chi connectivity index (χ1n) is 25.1. The standard InChI is InChI=1S/C68H52BN3/c1-68(2,3)52-36-38-55(39-37-52)71-64-32-19-33-65-67(64)69(60-41-40-56(46-66(60)71)70(53-26-12-6-13-27-53)54-28-14-7-15-29-54)61-45-51(48-22-10-5-11-23-48)35-43-63(61)72(65)62-42-34-50(47-20-8-4-9-21-47)44-59(62)58-31-18-25-49-24-16-17-30-57(49)58/h4-46H,1-3H3. The first-order valence-corrected chi connectivity index (χ1v) is 25.1. The van der Waals surface area contributed by atoms with Crippen molar-refractivity contribution in [1.29, 1.82) is 0 Å². The van der Waals surface area contributed by atoms with Crippen molar-refractivity contribution in [2.24, 2.45) is 0 Å². The molecule has 72 heavy (non-hydrogen) atoms. The average molecular weight is 922 g/mol. The van der Waals surface area contributed by atoms with Crippen molar-refractivity contribution < 1.29 is 0 Å². The van der Waals surface area contributed by atoms with Crippen LogP contribution in [0.1, 0.15) is 26.3 Å². The third kappa shape index (κ3) is 7.38. The summed E-state index contributed by atoms with van der Waals surface area (Å²) in [5.74, 6) is 0. The minimum atomic E-state index is -0.0771. The molecule has 11 aromatic rings. The van der Waals surface area contributed by atoms with Crippen molar-refractivity contribution in [2.45, 2.75) is 26.2 Å². The van der Waals surface area contributed by atoms with Crippen molar-refractivity contribution in [1.82, 2.24) is 0 Å². The van der Waals surface area contributed by atoms with Crippen LogP contribution in [0.25, 0.3) is 44.2 Å². The molecule has 0 amide bonds. The molecule has 342 valence electrons. The highest BCUT2D eigenvalue weighted by molar-refractivity contribution is 7.00. The summed E-state index contributed by atoms with van der Waals surface area (Å²) in [6, 6.07) is 96.3. The van der Waals surface area contributed by atoms with Gasteiger partial charge in [0.15, 0.2) is 0 Å². The lowest BCUT2D eigenvalue weighted by molar-refractivity contribution is 0.590. The minimum Gasteiger partial charge on any atom is -0.311 e. The highest BCUT2D eigenvalue weighted by Crippen LogP contribution is 2.49. The van der Waals surface area contributed by atoms with E-state index in [2.05, 4.69) is 296 Å². The zero-order valence-corrected chi connectivity index (χ0v) is 40.7. The van der Waals surface area contributed by atoms with Crippen LogP contribution in [0.5, 0.6) is 0 Å². The molecule has 2 heterocycles. The maximum atomic E-state index is 2.57. The van der Waals surface area contributed by atoms with E-state index in [1.807, 2.05) is 0 Å². The predicted molar refractivity (Wildman–Crippen MR) is 308 cm³/mol. The third-order valence-electron chi connectivity index (χ3n) is 14.8. The number of benzene rings is 11. The SMILES string of the molecule is CC(C)(C)c1ccc(N2c3cc(N(c4ccccc4)c4ccccc4)ccc3B3c4cc(-c5ccccc5)ccc4N(c4ccc(-c5ccccc5)cc4-c4cccc5ccccc45)c4cccc2c43)cc1. The van der Waals surface area contributed by atoms with Gasteiger partial charge < -0.3 is 14.7 Å². The van der Waals surface area contributed by atoms with E-state index in [1.54, 1.807) is 0 Å². The Bertz CT molecular complexity index is 3750. The monoisotopic (exact) mass is 921 g/mol. The molecule has 0 saturated heterocycles. The Balaban J connectivity index is 1.10. The number of hydrogen-bond acceptors (Lipinski definition) is 3. The minimum absolute atomic E-state index is 0.00684. The van der Waals surface area contributed by atoms with Crippen LogP contribution >= 0.6 is 0 Å². The molecule has 11 aromatic carbocycles. The lowest BCUT2D eigenvalue weighted by Gasteiger charge is -2.45. The Hall–Kier alpha value is -8.86. The molecular weight excluding hydrogens is 870 g/mol.